The van der Waals surface area contributed by atoms with E-state index < -0.39 is 0 Å². The third-order valence-electron chi connectivity index (χ3n) is 3.68. The van der Waals surface area contributed by atoms with Crippen LogP contribution in [0.3, 0.4) is 0 Å². The third kappa shape index (κ3) is 16.7. The van der Waals surface area contributed by atoms with Crippen molar-refractivity contribution in [2.75, 3.05) is 0 Å². The standard InChI is InChI=1S/C20H34O3/c1-2-3-4-5-6-7-8-9-10-11-12-13-14-17-20(23-22)18-15-16-19-21/h13-19,21-22H,2-12H2,1H3. The van der Waals surface area contributed by atoms with E-state index in [0.29, 0.717) is 5.76 Å². The lowest BCUT2D eigenvalue weighted by atomic mass is 10.1. The van der Waals surface area contributed by atoms with E-state index >= 15 is 0 Å². The van der Waals surface area contributed by atoms with Gasteiger partial charge in [-0.05, 0) is 31.1 Å². The maximum Gasteiger partial charge on any atom is 0.165 e. The fourth-order valence-electron chi connectivity index (χ4n) is 2.33. The molecule has 3 heteroatoms. The normalized spacial score (nSPS) is 12.9. The van der Waals surface area contributed by atoms with E-state index in [2.05, 4.69) is 17.9 Å². The van der Waals surface area contributed by atoms with Crippen LogP contribution in [0.25, 0.3) is 0 Å². The minimum Gasteiger partial charge on any atom is -0.516 e. The quantitative estimate of drug-likeness (QED) is 0.114. The van der Waals surface area contributed by atoms with E-state index in [4.69, 9.17) is 10.4 Å². The molecule has 0 aromatic rings. The van der Waals surface area contributed by atoms with Gasteiger partial charge in [-0.15, -0.1) is 0 Å². The van der Waals surface area contributed by atoms with Crippen LogP contribution in [-0.2, 0) is 4.89 Å². The van der Waals surface area contributed by atoms with E-state index in [1.165, 1.54) is 70.3 Å². The first-order chi connectivity index (χ1) is 11.3. The molecule has 0 bridgehead atoms. The highest BCUT2D eigenvalue weighted by Crippen LogP contribution is 2.11. The summed E-state index contributed by atoms with van der Waals surface area (Å²) in [5.74, 6) is 0.336. The predicted octanol–water partition coefficient (Wildman–Crippen LogP) is 6.86. The fourth-order valence-corrected chi connectivity index (χ4v) is 2.33. The van der Waals surface area contributed by atoms with Gasteiger partial charge < -0.3 is 9.99 Å². The second kappa shape index (κ2) is 18.6. The summed E-state index contributed by atoms with van der Waals surface area (Å²) in [5, 5.41) is 17.2. The highest BCUT2D eigenvalue weighted by Gasteiger charge is 1.92. The van der Waals surface area contributed by atoms with Crippen molar-refractivity contribution in [3.05, 3.63) is 48.5 Å². The smallest absolute Gasteiger partial charge is 0.165 e. The molecular formula is C20H34O3. The molecule has 0 rings (SSSR count). The number of aliphatic hydroxyl groups is 1. The molecular weight excluding hydrogens is 288 g/mol. The van der Waals surface area contributed by atoms with Crippen LogP contribution in [0.2, 0.25) is 0 Å². The Morgan fingerprint density at radius 1 is 0.826 bits per heavy atom. The maximum atomic E-state index is 8.68. The largest absolute Gasteiger partial charge is 0.516 e. The summed E-state index contributed by atoms with van der Waals surface area (Å²) in [4.78, 5) is 4.21. The summed E-state index contributed by atoms with van der Waals surface area (Å²) in [6.07, 6.45) is 25.7. The molecule has 0 aliphatic heterocycles. The zero-order valence-corrected chi connectivity index (χ0v) is 14.6. The molecule has 0 atom stereocenters. The molecule has 0 fully saturated rings. The van der Waals surface area contributed by atoms with E-state index in [1.807, 2.05) is 6.08 Å². The fraction of sp³-hybridized carbons (Fsp3) is 0.600. The predicted molar refractivity (Wildman–Crippen MR) is 98.3 cm³/mol. The van der Waals surface area contributed by atoms with Crippen LogP contribution < -0.4 is 0 Å². The maximum absolute atomic E-state index is 8.68. The molecule has 0 aromatic carbocycles. The van der Waals surface area contributed by atoms with Crippen LogP contribution in [0.15, 0.2) is 48.5 Å². The molecule has 2 N–H and O–H groups in total. The van der Waals surface area contributed by atoms with Gasteiger partial charge in [-0.3, -0.25) is 0 Å². The van der Waals surface area contributed by atoms with Crippen molar-refractivity contribution in [2.45, 2.75) is 77.6 Å². The Balaban J connectivity index is 3.52. The van der Waals surface area contributed by atoms with Gasteiger partial charge in [-0.2, -0.15) is 0 Å². The lowest BCUT2D eigenvalue weighted by Crippen LogP contribution is -1.82. The monoisotopic (exact) mass is 322 g/mol. The minimum absolute atomic E-state index is 0.336. The summed E-state index contributed by atoms with van der Waals surface area (Å²) in [6.45, 7) is 2.26. The Labute approximate surface area is 142 Å². The zero-order valence-electron chi connectivity index (χ0n) is 14.6. The van der Waals surface area contributed by atoms with Gasteiger partial charge in [0, 0.05) is 0 Å². The molecule has 0 spiro atoms. The van der Waals surface area contributed by atoms with Crippen LogP contribution in [0, 0.1) is 0 Å². The Morgan fingerprint density at radius 3 is 2.00 bits per heavy atom. The van der Waals surface area contributed by atoms with Crippen molar-refractivity contribution in [2.24, 2.45) is 0 Å². The summed E-state index contributed by atoms with van der Waals surface area (Å²) in [6, 6.07) is 0. The molecule has 0 aromatic heterocycles. The first-order valence-electron chi connectivity index (χ1n) is 9.00. The summed E-state index contributed by atoms with van der Waals surface area (Å²) >= 11 is 0. The molecule has 0 unspecified atom stereocenters. The van der Waals surface area contributed by atoms with Crippen molar-refractivity contribution in [3.8, 4) is 0 Å². The Bertz CT molecular complexity index is 354. The summed E-state index contributed by atoms with van der Waals surface area (Å²) < 4.78 is 0. The Kier molecular flexibility index (Phi) is 17.4. The molecule has 0 aliphatic carbocycles. The van der Waals surface area contributed by atoms with Crippen LogP contribution in [0.4, 0.5) is 0 Å². The van der Waals surface area contributed by atoms with Crippen molar-refractivity contribution in [1.82, 2.24) is 0 Å². The molecule has 0 radical (unpaired) electrons. The van der Waals surface area contributed by atoms with Gasteiger partial charge >= 0.3 is 0 Å². The van der Waals surface area contributed by atoms with Gasteiger partial charge in [-0.25, -0.2) is 5.26 Å². The number of hydrogen-bond acceptors (Lipinski definition) is 3. The van der Waals surface area contributed by atoms with E-state index in [-0.39, 0.29) is 0 Å². The SMILES string of the molecule is CCCCCCCCCCCCC=CC=C(C=CC=CO)OO. The van der Waals surface area contributed by atoms with Gasteiger partial charge in [0.15, 0.2) is 5.76 Å². The van der Waals surface area contributed by atoms with Gasteiger partial charge in [0.2, 0.25) is 0 Å². The zero-order chi connectivity index (χ0) is 17.0. The second-order valence-electron chi connectivity index (χ2n) is 5.76. The van der Waals surface area contributed by atoms with Crippen molar-refractivity contribution >= 4 is 0 Å². The molecule has 0 saturated heterocycles. The highest BCUT2D eigenvalue weighted by molar-refractivity contribution is 5.20. The molecule has 132 valence electrons. The second-order valence-corrected chi connectivity index (χ2v) is 5.76. The highest BCUT2D eigenvalue weighted by atomic mass is 17.1. The van der Waals surface area contributed by atoms with Crippen LogP contribution >= 0.6 is 0 Å². The lowest BCUT2D eigenvalue weighted by molar-refractivity contribution is -0.198. The molecule has 0 amide bonds. The number of rotatable bonds is 15. The third-order valence-corrected chi connectivity index (χ3v) is 3.68. The molecule has 23 heavy (non-hydrogen) atoms. The van der Waals surface area contributed by atoms with Gasteiger partial charge in [0.1, 0.15) is 0 Å². The molecule has 0 aliphatic rings. The van der Waals surface area contributed by atoms with Gasteiger partial charge in [0.25, 0.3) is 0 Å². The van der Waals surface area contributed by atoms with Crippen molar-refractivity contribution < 1.29 is 15.3 Å². The van der Waals surface area contributed by atoms with Crippen LogP contribution in [-0.4, -0.2) is 10.4 Å². The van der Waals surface area contributed by atoms with Crippen molar-refractivity contribution in [1.29, 1.82) is 0 Å². The summed E-state index contributed by atoms with van der Waals surface area (Å²) in [7, 11) is 0. The van der Waals surface area contributed by atoms with Gasteiger partial charge in [-0.1, -0.05) is 82.9 Å². The minimum atomic E-state index is 0.336. The van der Waals surface area contributed by atoms with Crippen LogP contribution in [0.1, 0.15) is 77.6 Å². The average Bonchev–Trinajstić information content (AvgIpc) is 2.57. The topological polar surface area (TPSA) is 49.7 Å². The Hall–Kier alpha value is -1.48. The van der Waals surface area contributed by atoms with Gasteiger partial charge in [0.05, 0.1) is 6.26 Å². The van der Waals surface area contributed by atoms with E-state index in [1.54, 1.807) is 18.2 Å². The molecule has 0 saturated carbocycles. The summed E-state index contributed by atoms with van der Waals surface area (Å²) in [5.41, 5.74) is 0. The number of hydrogen-bond donors (Lipinski definition) is 2. The number of allylic oxidation sites excluding steroid dienone is 6. The Morgan fingerprint density at radius 2 is 1.43 bits per heavy atom. The number of unbranched alkanes of at least 4 members (excludes halogenated alkanes) is 10. The van der Waals surface area contributed by atoms with Crippen molar-refractivity contribution in [3.63, 3.8) is 0 Å². The first-order valence-corrected chi connectivity index (χ1v) is 9.00. The number of aliphatic hydroxyl groups excluding tert-OH is 1. The van der Waals surface area contributed by atoms with E-state index in [0.717, 1.165) is 12.7 Å². The average molecular weight is 322 g/mol. The van der Waals surface area contributed by atoms with Crippen LogP contribution in [0.5, 0.6) is 0 Å². The molecule has 0 heterocycles. The molecule has 3 nitrogen and oxygen atoms in total. The van der Waals surface area contributed by atoms with E-state index in [9.17, 15) is 0 Å². The first kappa shape index (κ1) is 21.5. The lowest BCUT2D eigenvalue weighted by Gasteiger charge is -2.01.